The largest absolute Gasteiger partial charge is 0.508 e. The molecule has 190 valence electrons. The van der Waals surface area contributed by atoms with Crippen molar-refractivity contribution in [3.05, 3.63) is 99.0 Å². The molecule has 36 heavy (non-hydrogen) atoms. The van der Waals surface area contributed by atoms with Crippen LogP contribution in [0, 0.1) is 0 Å². The number of rotatable bonds is 6. The van der Waals surface area contributed by atoms with Gasteiger partial charge in [-0.05, 0) is 85.8 Å². The van der Waals surface area contributed by atoms with Crippen molar-refractivity contribution in [2.24, 2.45) is 0 Å². The first kappa shape index (κ1) is 26.8. The fraction of sp³-hybridized carbons (Fsp3) is 0.345. The van der Waals surface area contributed by atoms with Gasteiger partial charge in [0.1, 0.15) is 5.75 Å². The molecule has 0 saturated carbocycles. The standard InChI is InChI=1S/C29H30Cl2N2O2.ClH/c1-32-28(23-7-2-3-8-24(23)29(32)35)22(20-10-11-25(30)26(31)18-20)14-17-33-15-12-19(13-16-33)21-6-4-5-9-27(21)34;/h2-11,18-19,22,28,34H,12-17H2,1H3;1H. The lowest BCUT2D eigenvalue weighted by atomic mass is 9.84. The van der Waals surface area contributed by atoms with Crippen LogP contribution in [0.3, 0.4) is 0 Å². The van der Waals surface area contributed by atoms with Crippen LogP contribution in [0.4, 0.5) is 0 Å². The van der Waals surface area contributed by atoms with Crippen molar-refractivity contribution in [2.75, 3.05) is 26.7 Å². The summed E-state index contributed by atoms with van der Waals surface area (Å²) >= 11 is 12.7. The van der Waals surface area contributed by atoms with Crippen LogP contribution in [0.5, 0.6) is 5.75 Å². The molecule has 1 saturated heterocycles. The SMILES string of the molecule is CN1C(=O)c2ccccc2C1C(CCN1CCC(c2ccccc2O)CC1)c1ccc(Cl)c(Cl)c1.Cl. The van der Waals surface area contributed by atoms with Gasteiger partial charge in [-0.2, -0.15) is 0 Å². The van der Waals surface area contributed by atoms with Gasteiger partial charge in [0.05, 0.1) is 16.1 Å². The maximum atomic E-state index is 13.0. The first-order chi connectivity index (χ1) is 16.9. The summed E-state index contributed by atoms with van der Waals surface area (Å²) in [6.45, 7) is 2.91. The van der Waals surface area contributed by atoms with Crippen LogP contribution in [-0.4, -0.2) is 47.5 Å². The Balaban J connectivity index is 0.00000304. The van der Waals surface area contributed by atoms with Crippen molar-refractivity contribution < 1.29 is 9.90 Å². The number of phenolic OH excluding ortho intramolecular Hbond substituents is 1. The average molecular weight is 546 g/mol. The quantitative estimate of drug-likeness (QED) is 0.353. The molecule has 1 amide bonds. The summed E-state index contributed by atoms with van der Waals surface area (Å²) in [4.78, 5) is 17.4. The Morgan fingerprint density at radius 2 is 1.61 bits per heavy atom. The van der Waals surface area contributed by atoms with Gasteiger partial charge in [-0.1, -0.05) is 65.7 Å². The van der Waals surface area contributed by atoms with E-state index in [1.165, 1.54) is 0 Å². The molecule has 2 aliphatic heterocycles. The number of likely N-dealkylation sites (N-methyl/N-ethyl adjacent to an activating group) is 1. The van der Waals surface area contributed by atoms with Gasteiger partial charge in [0.15, 0.2) is 0 Å². The molecular weight excluding hydrogens is 515 g/mol. The lowest BCUT2D eigenvalue weighted by molar-refractivity contribution is 0.0746. The highest BCUT2D eigenvalue weighted by atomic mass is 35.5. The predicted octanol–water partition coefficient (Wildman–Crippen LogP) is 7.30. The van der Waals surface area contributed by atoms with Gasteiger partial charge in [0, 0.05) is 18.5 Å². The van der Waals surface area contributed by atoms with Crippen LogP contribution >= 0.6 is 35.6 Å². The summed E-state index contributed by atoms with van der Waals surface area (Å²) < 4.78 is 0. The zero-order chi connectivity index (χ0) is 24.5. The molecule has 0 aromatic heterocycles. The number of carbonyl (C=O) groups is 1. The van der Waals surface area contributed by atoms with E-state index in [-0.39, 0.29) is 30.3 Å². The van der Waals surface area contributed by atoms with Crippen molar-refractivity contribution in [3.63, 3.8) is 0 Å². The normalized spacial score (nSPS) is 19.1. The number of nitrogens with zero attached hydrogens (tertiary/aromatic N) is 2. The van der Waals surface area contributed by atoms with Gasteiger partial charge in [-0.15, -0.1) is 12.4 Å². The first-order valence-corrected chi connectivity index (χ1v) is 13.0. The Morgan fingerprint density at radius 3 is 2.31 bits per heavy atom. The number of likely N-dealkylation sites (tertiary alicyclic amines) is 1. The Hall–Kier alpha value is -2.24. The number of hydrogen-bond acceptors (Lipinski definition) is 3. The summed E-state index contributed by atoms with van der Waals surface area (Å²) in [5.74, 6) is 0.958. The monoisotopic (exact) mass is 544 g/mol. The van der Waals surface area contributed by atoms with Gasteiger partial charge >= 0.3 is 0 Å². The molecule has 2 aliphatic rings. The van der Waals surface area contributed by atoms with Gasteiger partial charge in [-0.25, -0.2) is 0 Å². The maximum Gasteiger partial charge on any atom is 0.254 e. The van der Waals surface area contributed by atoms with E-state index in [1.807, 2.05) is 66.5 Å². The number of carbonyl (C=O) groups excluding carboxylic acids is 1. The van der Waals surface area contributed by atoms with E-state index in [0.717, 1.165) is 61.2 Å². The second-order valence-electron chi connectivity index (χ2n) is 9.69. The molecule has 2 unspecified atom stereocenters. The molecule has 3 aromatic rings. The predicted molar refractivity (Wildman–Crippen MR) is 149 cm³/mol. The minimum atomic E-state index is -0.0465. The smallest absolute Gasteiger partial charge is 0.254 e. The van der Waals surface area contributed by atoms with E-state index in [0.29, 0.717) is 21.7 Å². The molecule has 2 heterocycles. The van der Waals surface area contributed by atoms with E-state index < -0.39 is 0 Å². The minimum absolute atomic E-state index is 0. The second-order valence-corrected chi connectivity index (χ2v) is 10.5. The van der Waals surface area contributed by atoms with Crippen molar-refractivity contribution in [2.45, 2.75) is 37.1 Å². The van der Waals surface area contributed by atoms with Gasteiger partial charge < -0.3 is 14.9 Å². The molecule has 0 bridgehead atoms. The Labute approximate surface area is 229 Å². The number of hydrogen-bond donors (Lipinski definition) is 1. The first-order valence-electron chi connectivity index (χ1n) is 12.3. The highest BCUT2D eigenvalue weighted by Crippen LogP contribution is 2.45. The molecule has 0 spiro atoms. The van der Waals surface area contributed by atoms with Crippen LogP contribution < -0.4 is 0 Å². The fourth-order valence-corrected chi connectivity index (χ4v) is 6.14. The second kappa shape index (κ2) is 11.4. The number of fused-ring (bicyclic) bond motifs is 1. The van der Waals surface area contributed by atoms with Gasteiger partial charge in [0.25, 0.3) is 5.91 Å². The van der Waals surface area contributed by atoms with Crippen molar-refractivity contribution in [1.82, 2.24) is 9.80 Å². The molecule has 1 fully saturated rings. The molecule has 0 radical (unpaired) electrons. The number of benzene rings is 3. The topological polar surface area (TPSA) is 43.8 Å². The molecule has 4 nitrogen and oxygen atoms in total. The third kappa shape index (κ3) is 5.24. The fourth-order valence-electron chi connectivity index (χ4n) is 5.83. The molecule has 3 aromatic carbocycles. The highest BCUT2D eigenvalue weighted by Gasteiger charge is 2.39. The molecule has 0 aliphatic carbocycles. The maximum absolute atomic E-state index is 13.0. The summed E-state index contributed by atoms with van der Waals surface area (Å²) in [5.41, 5.74) is 4.02. The lowest BCUT2D eigenvalue weighted by Gasteiger charge is -2.35. The third-order valence-corrected chi connectivity index (χ3v) is 8.46. The van der Waals surface area contributed by atoms with Crippen LogP contribution in [-0.2, 0) is 0 Å². The molecule has 7 heteroatoms. The number of aromatic hydroxyl groups is 1. The summed E-state index contributed by atoms with van der Waals surface area (Å²) in [6, 6.07) is 21.4. The molecule has 2 atom stereocenters. The Kier molecular flexibility index (Phi) is 8.52. The highest BCUT2D eigenvalue weighted by molar-refractivity contribution is 6.42. The van der Waals surface area contributed by atoms with Crippen LogP contribution in [0.15, 0.2) is 66.7 Å². The number of piperidine rings is 1. The number of para-hydroxylation sites is 1. The van der Waals surface area contributed by atoms with Crippen molar-refractivity contribution in [3.8, 4) is 5.75 Å². The zero-order valence-electron chi connectivity index (χ0n) is 20.2. The lowest BCUT2D eigenvalue weighted by Crippen LogP contribution is -2.35. The number of amides is 1. The van der Waals surface area contributed by atoms with Crippen LogP contribution in [0.25, 0.3) is 0 Å². The van der Waals surface area contributed by atoms with E-state index in [1.54, 1.807) is 6.07 Å². The summed E-state index contributed by atoms with van der Waals surface area (Å²) in [7, 11) is 1.90. The molecular formula is C29H31Cl3N2O2. The van der Waals surface area contributed by atoms with Gasteiger partial charge in [0.2, 0.25) is 0 Å². The van der Waals surface area contributed by atoms with E-state index in [4.69, 9.17) is 23.2 Å². The van der Waals surface area contributed by atoms with Crippen LogP contribution in [0.1, 0.15) is 64.2 Å². The van der Waals surface area contributed by atoms with Gasteiger partial charge in [-0.3, -0.25) is 4.79 Å². The summed E-state index contributed by atoms with van der Waals surface area (Å²) in [6.07, 6.45) is 2.95. The zero-order valence-corrected chi connectivity index (χ0v) is 22.6. The Morgan fingerprint density at radius 1 is 0.944 bits per heavy atom. The van der Waals surface area contributed by atoms with E-state index in [9.17, 15) is 9.90 Å². The Bertz CT molecular complexity index is 1230. The van der Waals surface area contributed by atoms with E-state index in [2.05, 4.69) is 11.0 Å². The number of phenols is 1. The van der Waals surface area contributed by atoms with Crippen molar-refractivity contribution in [1.29, 1.82) is 0 Å². The average Bonchev–Trinajstić information content (AvgIpc) is 3.12. The van der Waals surface area contributed by atoms with E-state index >= 15 is 0 Å². The summed E-state index contributed by atoms with van der Waals surface area (Å²) in [5, 5.41) is 11.3. The van der Waals surface area contributed by atoms with Crippen LogP contribution in [0.2, 0.25) is 10.0 Å². The van der Waals surface area contributed by atoms with Crippen molar-refractivity contribution >= 4 is 41.5 Å². The minimum Gasteiger partial charge on any atom is -0.508 e. The number of halogens is 3. The molecule has 1 N–H and O–H groups in total. The third-order valence-electron chi connectivity index (χ3n) is 7.72. The molecule has 5 rings (SSSR count).